The second kappa shape index (κ2) is 12.2. The van der Waals surface area contributed by atoms with Gasteiger partial charge in [0, 0.05) is 25.2 Å². The number of hydrogen-bond acceptors (Lipinski definition) is 3. The molecular formula is C20H33FO4. The second-order valence-electron chi connectivity index (χ2n) is 7.33. The van der Waals surface area contributed by atoms with Gasteiger partial charge in [0.05, 0.1) is 0 Å². The number of aliphatic carboxylic acids is 1. The molecule has 1 aliphatic carbocycles. The fraction of sp³-hybridized carbons (Fsp3) is 0.850. The van der Waals surface area contributed by atoms with Crippen molar-refractivity contribution < 1.29 is 23.9 Å². The van der Waals surface area contributed by atoms with E-state index in [-0.39, 0.29) is 36.2 Å². The predicted octanol–water partition coefficient (Wildman–Crippen LogP) is 4.88. The number of ketones is 2. The van der Waals surface area contributed by atoms with E-state index in [9.17, 15) is 18.8 Å². The molecule has 144 valence electrons. The summed E-state index contributed by atoms with van der Waals surface area (Å²) in [5, 5.41) is 8.60. The third-order valence-electron chi connectivity index (χ3n) is 5.32. The van der Waals surface area contributed by atoms with Gasteiger partial charge in [0.1, 0.15) is 5.78 Å². The average Bonchev–Trinajstić information content (AvgIpc) is 2.93. The maximum Gasteiger partial charge on any atom is 0.303 e. The van der Waals surface area contributed by atoms with Crippen molar-refractivity contribution in [3.8, 4) is 0 Å². The molecule has 0 saturated heterocycles. The maximum atomic E-state index is 13.8. The Bertz CT molecular complexity index is 435. The van der Waals surface area contributed by atoms with Crippen molar-refractivity contribution in [2.75, 3.05) is 0 Å². The van der Waals surface area contributed by atoms with Gasteiger partial charge in [0.2, 0.25) is 0 Å². The molecule has 0 radical (unpaired) electrons. The zero-order valence-corrected chi connectivity index (χ0v) is 15.5. The van der Waals surface area contributed by atoms with Gasteiger partial charge in [-0.3, -0.25) is 14.4 Å². The Kier molecular flexibility index (Phi) is 10.6. The Labute approximate surface area is 150 Å². The Morgan fingerprint density at radius 1 is 1.12 bits per heavy atom. The van der Waals surface area contributed by atoms with Crippen LogP contribution < -0.4 is 0 Å². The summed E-state index contributed by atoms with van der Waals surface area (Å²) in [7, 11) is 0. The molecule has 1 N–H and O–H groups in total. The Hall–Kier alpha value is -1.26. The monoisotopic (exact) mass is 356 g/mol. The lowest BCUT2D eigenvalue weighted by Crippen LogP contribution is -2.19. The molecular weight excluding hydrogens is 323 g/mol. The van der Waals surface area contributed by atoms with E-state index in [1.54, 1.807) is 0 Å². The van der Waals surface area contributed by atoms with Crippen molar-refractivity contribution in [1.82, 2.24) is 0 Å². The quantitative estimate of drug-likeness (QED) is 0.450. The van der Waals surface area contributed by atoms with Gasteiger partial charge in [0.15, 0.2) is 12.0 Å². The van der Waals surface area contributed by atoms with Gasteiger partial charge in [-0.1, -0.05) is 39.0 Å². The van der Waals surface area contributed by atoms with Gasteiger partial charge in [-0.05, 0) is 38.0 Å². The van der Waals surface area contributed by atoms with Crippen molar-refractivity contribution in [2.45, 2.75) is 96.6 Å². The zero-order valence-electron chi connectivity index (χ0n) is 15.5. The minimum atomic E-state index is -1.34. The lowest BCUT2D eigenvalue weighted by Gasteiger charge is -2.18. The largest absolute Gasteiger partial charge is 0.481 e. The fourth-order valence-corrected chi connectivity index (χ4v) is 3.74. The van der Waals surface area contributed by atoms with Crippen LogP contribution in [0, 0.1) is 11.8 Å². The first-order chi connectivity index (χ1) is 12.0. The van der Waals surface area contributed by atoms with Crippen LogP contribution in [0.2, 0.25) is 0 Å². The Balaban J connectivity index is 2.27. The smallest absolute Gasteiger partial charge is 0.303 e. The lowest BCUT2D eigenvalue weighted by atomic mass is 9.86. The number of halogens is 1. The molecule has 0 aromatic heterocycles. The van der Waals surface area contributed by atoms with Crippen LogP contribution in [-0.2, 0) is 14.4 Å². The van der Waals surface area contributed by atoms with Gasteiger partial charge < -0.3 is 5.11 Å². The highest BCUT2D eigenvalue weighted by atomic mass is 19.1. The van der Waals surface area contributed by atoms with Crippen LogP contribution in [0.3, 0.4) is 0 Å². The van der Waals surface area contributed by atoms with Crippen LogP contribution in [0.25, 0.3) is 0 Å². The molecule has 0 amide bonds. The van der Waals surface area contributed by atoms with E-state index in [1.165, 1.54) is 0 Å². The number of unbranched alkanes of at least 4 members (excludes halogenated alkanes) is 4. The summed E-state index contributed by atoms with van der Waals surface area (Å²) in [5.41, 5.74) is 0. The van der Waals surface area contributed by atoms with E-state index in [0.29, 0.717) is 25.7 Å². The van der Waals surface area contributed by atoms with E-state index in [2.05, 4.69) is 0 Å². The highest BCUT2D eigenvalue weighted by Crippen LogP contribution is 2.36. The maximum absolute atomic E-state index is 13.8. The number of carbonyl (C=O) groups is 3. The van der Waals surface area contributed by atoms with Crippen LogP contribution in [-0.4, -0.2) is 28.8 Å². The summed E-state index contributed by atoms with van der Waals surface area (Å²) in [6, 6.07) is 0. The minimum absolute atomic E-state index is 0.0148. The second-order valence-corrected chi connectivity index (χ2v) is 7.33. The van der Waals surface area contributed by atoms with Crippen molar-refractivity contribution in [2.24, 2.45) is 11.8 Å². The molecule has 2 unspecified atom stereocenters. The Morgan fingerprint density at radius 2 is 1.84 bits per heavy atom. The van der Waals surface area contributed by atoms with Gasteiger partial charge in [-0.15, -0.1) is 0 Å². The molecule has 1 rings (SSSR count). The van der Waals surface area contributed by atoms with Crippen LogP contribution >= 0.6 is 0 Å². The van der Waals surface area contributed by atoms with Crippen molar-refractivity contribution in [1.29, 1.82) is 0 Å². The molecule has 0 aromatic carbocycles. The molecule has 25 heavy (non-hydrogen) atoms. The average molecular weight is 356 g/mol. The zero-order chi connectivity index (χ0) is 18.7. The van der Waals surface area contributed by atoms with Crippen molar-refractivity contribution in [3.63, 3.8) is 0 Å². The van der Waals surface area contributed by atoms with Crippen LogP contribution in [0.5, 0.6) is 0 Å². The number of rotatable bonds is 14. The summed E-state index contributed by atoms with van der Waals surface area (Å²) in [4.78, 5) is 34.4. The van der Waals surface area contributed by atoms with E-state index >= 15 is 0 Å². The minimum Gasteiger partial charge on any atom is -0.481 e. The summed E-state index contributed by atoms with van der Waals surface area (Å²) >= 11 is 0. The lowest BCUT2D eigenvalue weighted by molar-refractivity contribution is -0.137. The van der Waals surface area contributed by atoms with Crippen LogP contribution in [0.4, 0.5) is 4.39 Å². The fourth-order valence-electron chi connectivity index (χ4n) is 3.74. The Morgan fingerprint density at radius 3 is 2.52 bits per heavy atom. The molecule has 1 saturated carbocycles. The first-order valence-corrected chi connectivity index (χ1v) is 9.87. The molecule has 5 heteroatoms. The SMILES string of the molecule is CCCCC(F)C(=O)CCC1CCC(=O)[C@@H]1CCCCCCC(=O)O. The van der Waals surface area contributed by atoms with E-state index in [1.807, 2.05) is 6.92 Å². The molecule has 0 bridgehead atoms. The molecule has 1 fully saturated rings. The normalized spacial score (nSPS) is 21.4. The first kappa shape index (κ1) is 21.8. The molecule has 0 spiro atoms. The third kappa shape index (κ3) is 8.59. The van der Waals surface area contributed by atoms with E-state index < -0.39 is 12.1 Å². The predicted molar refractivity (Wildman–Crippen MR) is 95.2 cm³/mol. The van der Waals surface area contributed by atoms with E-state index in [4.69, 9.17) is 5.11 Å². The molecule has 3 atom stereocenters. The molecule has 0 aliphatic heterocycles. The molecule has 1 aliphatic rings. The van der Waals surface area contributed by atoms with E-state index in [0.717, 1.165) is 44.9 Å². The van der Waals surface area contributed by atoms with Gasteiger partial charge in [-0.25, -0.2) is 4.39 Å². The summed E-state index contributed by atoms with van der Waals surface area (Å²) in [5.74, 6) is -0.554. The van der Waals surface area contributed by atoms with Gasteiger partial charge in [0.25, 0.3) is 0 Å². The first-order valence-electron chi connectivity index (χ1n) is 9.87. The van der Waals surface area contributed by atoms with Crippen LogP contribution in [0.1, 0.15) is 90.4 Å². The highest BCUT2D eigenvalue weighted by molar-refractivity contribution is 5.84. The third-order valence-corrected chi connectivity index (χ3v) is 5.32. The number of alkyl halides is 1. The molecule has 0 aromatic rings. The summed E-state index contributed by atoms with van der Waals surface area (Å²) in [6.45, 7) is 1.98. The standard InChI is InChI=1S/C20H33FO4/c1-2-3-9-17(21)19(23)14-12-15-11-13-18(22)16(15)8-6-4-5-7-10-20(24)25/h15-17H,2-14H2,1H3,(H,24,25)/t15?,16-,17?/m1/s1. The number of hydrogen-bond donors (Lipinski definition) is 1. The highest BCUT2D eigenvalue weighted by Gasteiger charge is 2.34. The number of carboxylic acids is 1. The topological polar surface area (TPSA) is 71.4 Å². The van der Waals surface area contributed by atoms with Crippen LogP contribution in [0.15, 0.2) is 0 Å². The molecule has 4 nitrogen and oxygen atoms in total. The molecule has 0 heterocycles. The number of carboxylic acid groups (broad SMARTS) is 1. The van der Waals surface area contributed by atoms with Crippen molar-refractivity contribution in [3.05, 3.63) is 0 Å². The number of carbonyl (C=O) groups excluding carboxylic acids is 2. The van der Waals surface area contributed by atoms with Gasteiger partial charge >= 0.3 is 5.97 Å². The van der Waals surface area contributed by atoms with Crippen molar-refractivity contribution >= 4 is 17.5 Å². The van der Waals surface area contributed by atoms with Gasteiger partial charge in [-0.2, -0.15) is 0 Å². The summed E-state index contributed by atoms with van der Waals surface area (Å²) in [6.07, 6.45) is 7.31. The summed E-state index contributed by atoms with van der Waals surface area (Å²) < 4.78 is 13.8. The number of Topliss-reactive ketones (excluding diaryl/α,β-unsaturated/α-hetero) is 2.